The summed E-state index contributed by atoms with van der Waals surface area (Å²) in [4.78, 5) is 0. The molecule has 0 saturated carbocycles. The SMILES string of the molecule is Cn1cc(CCOc2ccc(Cl)cc2N)cn1. The summed E-state index contributed by atoms with van der Waals surface area (Å²) in [5, 5.41) is 4.70. The van der Waals surface area contributed by atoms with Gasteiger partial charge in [-0.2, -0.15) is 5.10 Å². The van der Waals surface area contributed by atoms with Crippen LogP contribution in [0.25, 0.3) is 0 Å². The Morgan fingerprint density at radius 2 is 2.29 bits per heavy atom. The van der Waals surface area contributed by atoms with E-state index >= 15 is 0 Å². The van der Waals surface area contributed by atoms with Gasteiger partial charge in [-0.05, 0) is 23.8 Å². The van der Waals surface area contributed by atoms with E-state index in [1.54, 1.807) is 22.9 Å². The molecule has 0 spiro atoms. The predicted octanol–water partition coefficient (Wildman–Crippen LogP) is 2.28. The third kappa shape index (κ3) is 3.14. The van der Waals surface area contributed by atoms with Gasteiger partial charge in [-0.3, -0.25) is 4.68 Å². The smallest absolute Gasteiger partial charge is 0.142 e. The Labute approximate surface area is 105 Å². The second-order valence-corrected chi connectivity index (χ2v) is 4.24. The summed E-state index contributed by atoms with van der Waals surface area (Å²) in [6.07, 6.45) is 4.60. The second kappa shape index (κ2) is 5.10. The molecule has 90 valence electrons. The maximum absolute atomic E-state index is 5.80. The molecule has 0 radical (unpaired) electrons. The van der Waals surface area contributed by atoms with Crippen molar-refractivity contribution in [3.05, 3.63) is 41.2 Å². The zero-order valence-corrected chi connectivity index (χ0v) is 10.3. The summed E-state index contributed by atoms with van der Waals surface area (Å²) in [6.45, 7) is 0.567. The van der Waals surface area contributed by atoms with E-state index in [0.717, 1.165) is 12.0 Å². The van der Waals surface area contributed by atoms with Crippen molar-refractivity contribution in [3.8, 4) is 5.75 Å². The number of ether oxygens (including phenoxy) is 1. The molecule has 17 heavy (non-hydrogen) atoms. The fraction of sp³-hybridized carbons (Fsp3) is 0.250. The van der Waals surface area contributed by atoms with Crippen molar-refractivity contribution in [2.75, 3.05) is 12.3 Å². The first kappa shape index (κ1) is 11.8. The molecule has 1 aromatic carbocycles. The van der Waals surface area contributed by atoms with Crippen molar-refractivity contribution in [3.63, 3.8) is 0 Å². The van der Waals surface area contributed by atoms with Crippen LogP contribution in [-0.2, 0) is 13.5 Å². The van der Waals surface area contributed by atoms with E-state index < -0.39 is 0 Å². The number of aryl methyl sites for hydroxylation is 1. The molecule has 0 bridgehead atoms. The number of nitrogens with zero attached hydrogens (tertiary/aromatic N) is 2. The van der Waals surface area contributed by atoms with Gasteiger partial charge in [0.05, 0.1) is 18.5 Å². The molecule has 0 atom stereocenters. The van der Waals surface area contributed by atoms with Crippen molar-refractivity contribution in [1.82, 2.24) is 9.78 Å². The number of rotatable bonds is 4. The van der Waals surface area contributed by atoms with E-state index in [0.29, 0.717) is 23.1 Å². The van der Waals surface area contributed by atoms with Gasteiger partial charge in [0.15, 0.2) is 0 Å². The molecular formula is C12H14ClN3O. The molecule has 0 unspecified atom stereocenters. The second-order valence-electron chi connectivity index (χ2n) is 3.80. The highest BCUT2D eigenvalue weighted by Crippen LogP contribution is 2.24. The van der Waals surface area contributed by atoms with Gasteiger partial charge in [-0.15, -0.1) is 0 Å². The molecule has 0 aliphatic heterocycles. The van der Waals surface area contributed by atoms with E-state index in [4.69, 9.17) is 22.1 Å². The topological polar surface area (TPSA) is 53.1 Å². The van der Waals surface area contributed by atoms with Crippen LogP contribution in [0.5, 0.6) is 5.75 Å². The van der Waals surface area contributed by atoms with Crippen LogP contribution in [0.4, 0.5) is 5.69 Å². The van der Waals surface area contributed by atoms with Crippen molar-refractivity contribution in [1.29, 1.82) is 0 Å². The summed E-state index contributed by atoms with van der Waals surface area (Å²) >= 11 is 5.80. The Morgan fingerprint density at radius 3 is 2.94 bits per heavy atom. The van der Waals surface area contributed by atoms with E-state index in [2.05, 4.69) is 5.10 Å². The Balaban J connectivity index is 1.90. The summed E-state index contributed by atoms with van der Waals surface area (Å²) in [5.41, 5.74) is 7.48. The van der Waals surface area contributed by atoms with Crippen molar-refractivity contribution in [2.45, 2.75) is 6.42 Å². The molecule has 0 amide bonds. The van der Waals surface area contributed by atoms with Gasteiger partial charge in [0, 0.05) is 24.7 Å². The molecule has 0 saturated heterocycles. The number of halogens is 1. The van der Waals surface area contributed by atoms with Gasteiger partial charge in [-0.25, -0.2) is 0 Å². The van der Waals surface area contributed by atoms with E-state index in [1.807, 2.05) is 19.4 Å². The van der Waals surface area contributed by atoms with Gasteiger partial charge in [0.25, 0.3) is 0 Å². The monoisotopic (exact) mass is 251 g/mol. The lowest BCUT2D eigenvalue weighted by atomic mass is 10.2. The third-order valence-electron chi connectivity index (χ3n) is 2.38. The molecule has 1 heterocycles. The minimum Gasteiger partial charge on any atom is -0.491 e. The summed E-state index contributed by atoms with van der Waals surface area (Å²) < 4.78 is 7.35. The first-order chi connectivity index (χ1) is 8.15. The molecule has 5 heteroatoms. The zero-order valence-electron chi connectivity index (χ0n) is 9.56. The average Bonchev–Trinajstić information content (AvgIpc) is 2.68. The maximum atomic E-state index is 5.80. The summed E-state index contributed by atoms with van der Waals surface area (Å²) in [5.74, 6) is 0.665. The van der Waals surface area contributed by atoms with Crippen LogP contribution in [0.1, 0.15) is 5.56 Å². The number of nitrogen functional groups attached to an aromatic ring is 1. The minimum atomic E-state index is 0.559. The van der Waals surface area contributed by atoms with Crippen LogP contribution in [0.15, 0.2) is 30.6 Å². The lowest BCUT2D eigenvalue weighted by Crippen LogP contribution is -2.02. The molecular weight excluding hydrogens is 238 g/mol. The first-order valence-electron chi connectivity index (χ1n) is 5.30. The number of benzene rings is 1. The quantitative estimate of drug-likeness (QED) is 0.849. The number of anilines is 1. The Kier molecular flexibility index (Phi) is 3.54. The average molecular weight is 252 g/mol. The predicted molar refractivity (Wildman–Crippen MR) is 68.3 cm³/mol. The highest BCUT2D eigenvalue weighted by atomic mass is 35.5. The Bertz CT molecular complexity index is 510. The van der Waals surface area contributed by atoms with Crippen LogP contribution < -0.4 is 10.5 Å². The molecule has 2 aromatic rings. The van der Waals surface area contributed by atoms with Crippen LogP contribution in [-0.4, -0.2) is 16.4 Å². The number of aromatic nitrogens is 2. The van der Waals surface area contributed by atoms with Crippen LogP contribution in [0.2, 0.25) is 5.02 Å². The molecule has 2 N–H and O–H groups in total. The molecule has 0 aliphatic carbocycles. The van der Waals surface area contributed by atoms with E-state index in [-0.39, 0.29) is 0 Å². The summed E-state index contributed by atoms with van der Waals surface area (Å²) in [7, 11) is 1.89. The van der Waals surface area contributed by atoms with Crippen LogP contribution >= 0.6 is 11.6 Å². The fourth-order valence-electron chi connectivity index (χ4n) is 1.53. The van der Waals surface area contributed by atoms with Crippen LogP contribution in [0.3, 0.4) is 0 Å². The molecule has 4 nitrogen and oxygen atoms in total. The first-order valence-corrected chi connectivity index (χ1v) is 5.68. The standard InChI is InChI=1S/C12H14ClN3O/c1-16-8-9(7-15-16)4-5-17-12-3-2-10(13)6-11(12)14/h2-3,6-8H,4-5,14H2,1H3. The molecule has 2 rings (SSSR count). The van der Waals surface area contributed by atoms with Crippen molar-refractivity contribution < 1.29 is 4.74 Å². The lowest BCUT2D eigenvalue weighted by molar-refractivity contribution is 0.323. The summed E-state index contributed by atoms with van der Waals surface area (Å²) in [6, 6.07) is 5.22. The van der Waals surface area contributed by atoms with Gasteiger partial charge >= 0.3 is 0 Å². The number of hydrogen-bond donors (Lipinski definition) is 1. The van der Waals surface area contributed by atoms with Gasteiger partial charge in [0.2, 0.25) is 0 Å². The number of hydrogen-bond acceptors (Lipinski definition) is 3. The highest BCUT2D eigenvalue weighted by molar-refractivity contribution is 6.30. The van der Waals surface area contributed by atoms with Crippen molar-refractivity contribution in [2.24, 2.45) is 7.05 Å². The molecule has 0 fully saturated rings. The fourth-order valence-corrected chi connectivity index (χ4v) is 1.71. The van der Waals surface area contributed by atoms with Crippen LogP contribution in [0, 0.1) is 0 Å². The lowest BCUT2D eigenvalue weighted by Gasteiger charge is -2.08. The zero-order chi connectivity index (χ0) is 12.3. The number of nitrogens with two attached hydrogens (primary N) is 1. The van der Waals surface area contributed by atoms with Gasteiger partial charge in [-0.1, -0.05) is 11.6 Å². The third-order valence-corrected chi connectivity index (χ3v) is 2.61. The van der Waals surface area contributed by atoms with Gasteiger partial charge in [0.1, 0.15) is 5.75 Å². The molecule has 0 aliphatic rings. The van der Waals surface area contributed by atoms with E-state index in [1.165, 1.54) is 0 Å². The largest absolute Gasteiger partial charge is 0.491 e. The Morgan fingerprint density at radius 1 is 1.47 bits per heavy atom. The Hall–Kier alpha value is -1.68. The van der Waals surface area contributed by atoms with Crippen molar-refractivity contribution >= 4 is 17.3 Å². The highest BCUT2D eigenvalue weighted by Gasteiger charge is 2.02. The normalized spacial score (nSPS) is 10.5. The van der Waals surface area contributed by atoms with Gasteiger partial charge < -0.3 is 10.5 Å². The minimum absolute atomic E-state index is 0.559. The molecule has 1 aromatic heterocycles. The van der Waals surface area contributed by atoms with E-state index in [9.17, 15) is 0 Å². The maximum Gasteiger partial charge on any atom is 0.142 e.